The molecule has 1 aliphatic carbocycles. The summed E-state index contributed by atoms with van der Waals surface area (Å²) in [5.41, 5.74) is 3.58. The summed E-state index contributed by atoms with van der Waals surface area (Å²) in [6, 6.07) is 19.2. The van der Waals surface area contributed by atoms with Crippen molar-refractivity contribution in [1.29, 1.82) is 0 Å². The number of carbonyl (C=O) groups excluding carboxylic acids is 1. The van der Waals surface area contributed by atoms with Crippen molar-refractivity contribution in [2.45, 2.75) is 70.2 Å². The van der Waals surface area contributed by atoms with Gasteiger partial charge in [0.05, 0.1) is 0 Å². The highest BCUT2D eigenvalue weighted by atomic mass is 17.2. The highest BCUT2D eigenvalue weighted by Crippen LogP contribution is 2.42. The number of esters is 1. The molecule has 4 atom stereocenters. The Labute approximate surface area is 185 Å². The fourth-order valence-electron chi connectivity index (χ4n) is 4.80. The van der Waals surface area contributed by atoms with Crippen LogP contribution in [0.3, 0.4) is 0 Å². The Balaban J connectivity index is 1.50. The van der Waals surface area contributed by atoms with E-state index in [0.717, 1.165) is 25.7 Å². The van der Waals surface area contributed by atoms with Crippen LogP contribution in [0.1, 0.15) is 52.0 Å². The van der Waals surface area contributed by atoms with Crippen LogP contribution in [0, 0.1) is 5.92 Å². The maximum atomic E-state index is 12.7. The van der Waals surface area contributed by atoms with Crippen molar-refractivity contribution in [2.75, 3.05) is 0 Å². The molecule has 2 aliphatic rings. The molecule has 4 nitrogen and oxygen atoms in total. The molecule has 1 heterocycles. The number of benzene rings is 2. The first kappa shape index (κ1) is 21.8. The summed E-state index contributed by atoms with van der Waals surface area (Å²) in [6.07, 6.45) is 6.65. The highest BCUT2D eigenvalue weighted by Gasteiger charge is 2.41. The molecular weight excluding hydrogens is 388 g/mol. The van der Waals surface area contributed by atoms with Gasteiger partial charge in [0, 0.05) is 5.92 Å². The largest absolute Gasteiger partial charge is 0.460 e. The number of carbonyl (C=O) groups is 1. The van der Waals surface area contributed by atoms with Crippen LogP contribution < -0.4 is 0 Å². The zero-order valence-electron chi connectivity index (χ0n) is 18.6. The predicted molar refractivity (Wildman–Crippen MR) is 121 cm³/mol. The molecule has 31 heavy (non-hydrogen) atoms. The first-order chi connectivity index (χ1) is 14.9. The van der Waals surface area contributed by atoms with Gasteiger partial charge in [-0.1, -0.05) is 80.9 Å². The van der Waals surface area contributed by atoms with Crippen molar-refractivity contribution in [1.82, 2.24) is 0 Å². The molecule has 1 fully saturated rings. The van der Waals surface area contributed by atoms with E-state index < -0.39 is 6.10 Å². The van der Waals surface area contributed by atoms with Gasteiger partial charge in [0.2, 0.25) is 6.10 Å². The molecule has 0 saturated heterocycles. The van der Waals surface area contributed by atoms with Crippen LogP contribution in [0.25, 0.3) is 11.1 Å². The van der Waals surface area contributed by atoms with Crippen molar-refractivity contribution < 1.29 is 19.3 Å². The second-order valence-corrected chi connectivity index (χ2v) is 9.23. The lowest BCUT2D eigenvalue weighted by atomic mass is 9.66. The summed E-state index contributed by atoms with van der Waals surface area (Å²) in [7, 11) is 0. The van der Waals surface area contributed by atoms with E-state index in [1.54, 1.807) is 6.08 Å². The summed E-state index contributed by atoms with van der Waals surface area (Å²) in [6.45, 7) is 6.40. The van der Waals surface area contributed by atoms with Gasteiger partial charge in [-0.2, -0.15) is 0 Å². The summed E-state index contributed by atoms with van der Waals surface area (Å²) in [5, 5.41) is 0. The van der Waals surface area contributed by atoms with Crippen LogP contribution in [0.4, 0.5) is 0 Å². The zero-order chi connectivity index (χ0) is 21.8. The lowest BCUT2D eigenvalue weighted by molar-refractivity contribution is -0.333. The Morgan fingerprint density at radius 2 is 1.58 bits per heavy atom. The van der Waals surface area contributed by atoms with Gasteiger partial charge in [-0.05, 0) is 54.4 Å². The number of hydrogen-bond acceptors (Lipinski definition) is 4. The third-order valence-corrected chi connectivity index (χ3v) is 6.73. The third-order valence-electron chi connectivity index (χ3n) is 6.73. The summed E-state index contributed by atoms with van der Waals surface area (Å²) in [5.74, 6) is -0.115. The Hall–Kier alpha value is -2.43. The molecule has 4 rings (SSSR count). The monoisotopic (exact) mass is 420 g/mol. The van der Waals surface area contributed by atoms with Crippen LogP contribution in [0.15, 0.2) is 66.7 Å². The average Bonchev–Trinajstić information content (AvgIpc) is 2.80. The molecule has 0 aromatic heterocycles. The van der Waals surface area contributed by atoms with E-state index in [4.69, 9.17) is 14.5 Å². The quantitative estimate of drug-likeness (QED) is 0.338. The van der Waals surface area contributed by atoms with Crippen molar-refractivity contribution in [2.24, 2.45) is 5.92 Å². The molecule has 2 aromatic carbocycles. The van der Waals surface area contributed by atoms with Crippen molar-refractivity contribution in [3.63, 3.8) is 0 Å². The lowest BCUT2D eigenvalue weighted by Crippen LogP contribution is -2.43. The second-order valence-electron chi connectivity index (χ2n) is 9.23. The van der Waals surface area contributed by atoms with Gasteiger partial charge in [-0.15, -0.1) is 0 Å². The minimum atomic E-state index is -0.785. The third kappa shape index (κ3) is 4.91. The SMILES string of the molecule is C[C@H]1C=C[C@@H](C(=O)O[C@H]2CCCC[C@@H]2C(C)(C)c2ccc(-c3ccccc3)cc2)OO1. The molecule has 0 N–H and O–H groups in total. The van der Waals surface area contributed by atoms with E-state index in [1.807, 2.05) is 19.1 Å². The molecule has 0 spiro atoms. The summed E-state index contributed by atoms with van der Waals surface area (Å²) in [4.78, 5) is 23.0. The van der Waals surface area contributed by atoms with Crippen molar-refractivity contribution in [3.8, 4) is 11.1 Å². The zero-order valence-corrected chi connectivity index (χ0v) is 18.6. The minimum Gasteiger partial charge on any atom is -0.460 e. The normalized spacial score (nSPS) is 26.4. The van der Waals surface area contributed by atoms with Crippen molar-refractivity contribution >= 4 is 5.97 Å². The Morgan fingerprint density at radius 3 is 2.26 bits per heavy atom. The standard InChI is InChI=1S/C27H32O4/c1-19-13-18-25(31-30-19)26(28)29-24-12-8-7-11-23(24)27(2,3)22-16-14-21(15-17-22)20-9-5-4-6-10-20/h4-6,9-10,13-19,23-25H,7-8,11-12H2,1-3H3/t19-,23-,24-,25-/m0/s1. The number of rotatable bonds is 5. The molecule has 1 aliphatic heterocycles. The fourth-order valence-corrected chi connectivity index (χ4v) is 4.80. The summed E-state index contributed by atoms with van der Waals surface area (Å²) >= 11 is 0. The molecule has 0 radical (unpaired) electrons. The smallest absolute Gasteiger partial charge is 0.343 e. The van der Waals surface area contributed by atoms with Crippen LogP contribution in [0.5, 0.6) is 0 Å². The van der Waals surface area contributed by atoms with Crippen molar-refractivity contribution in [3.05, 3.63) is 72.3 Å². The number of hydrogen-bond donors (Lipinski definition) is 0. The molecule has 0 unspecified atom stereocenters. The van der Waals surface area contributed by atoms with E-state index in [2.05, 4.69) is 62.4 Å². The molecule has 2 aromatic rings. The minimum absolute atomic E-state index is 0.116. The predicted octanol–water partition coefficient (Wildman–Crippen LogP) is 6.01. The van der Waals surface area contributed by atoms with Gasteiger partial charge in [0.1, 0.15) is 12.2 Å². The molecule has 0 amide bonds. The Morgan fingerprint density at radius 1 is 0.903 bits per heavy atom. The van der Waals surface area contributed by atoms with Crippen LogP contribution >= 0.6 is 0 Å². The molecule has 1 saturated carbocycles. The van der Waals surface area contributed by atoms with Crippen LogP contribution in [-0.2, 0) is 24.7 Å². The first-order valence-corrected chi connectivity index (χ1v) is 11.3. The number of ether oxygens (including phenoxy) is 1. The van der Waals surface area contributed by atoms with Crippen LogP contribution in [0.2, 0.25) is 0 Å². The Bertz CT molecular complexity index is 901. The first-order valence-electron chi connectivity index (χ1n) is 11.3. The van der Waals surface area contributed by atoms with E-state index >= 15 is 0 Å². The van der Waals surface area contributed by atoms with E-state index in [1.165, 1.54) is 16.7 Å². The van der Waals surface area contributed by atoms with Gasteiger partial charge >= 0.3 is 5.97 Å². The van der Waals surface area contributed by atoms with Gasteiger partial charge in [0.25, 0.3) is 0 Å². The maximum Gasteiger partial charge on any atom is 0.343 e. The summed E-state index contributed by atoms with van der Waals surface area (Å²) < 4.78 is 5.98. The fraction of sp³-hybridized carbons (Fsp3) is 0.444. The van der Waals surface area contributed by atoms with E-state index in [0.29, 0.717) is 0 Å². The van der Waals surface area contributed by atoms with E-state index in [-0.39, 0.29) is 29.5 Å². The topological polar surface area (TPSA) is 44.8 Å². The van der Waals surface area contributed by atoms with Gasteiger partial charge < -0.3 is 4.74 Å². The van der Waals surface area contributed by atoms with Crippen LogP contribution in [-0.4, -0.2) is 24.3 Å². The lowest BCUT2D eigenvalue weighted by Gasteiger charge is -2.42. The maximum absolute atomic E-state index is 12.7. The second kappa shape index (κ2) is 9.37. The molecule has 4 heteroatoms. The van der Waals surface area contributed by atoms with Gasteiger partial charge in [-0.3, -0.25) is 0 Å². The van der Waals surface area contributed by atoms with Gasteiger partial charge in [-0.25, -0.2) is 14.6 Å². The average molecular weight is 421 g/mol. The molecular formula is C27H32O4. The molecule has 0 bridgehead atoms. The van der Waals surface area contributed by atoms with Gasteiger partial charge in [0.15, 0.2) is 0 Å². The Kier molecular flexibility index (Phi) is 6.59. The van der Waals surface area contributed by atoms with E-state index in [9.17, 15) is 4.79 Å². The highest BCUT2D eigenvalue weighted by molar-refractivity contribution is 5.77. The molecule has 164 valence electrons.